The van der Waals surface area contributed by atoms with Crippen LogP contribution in [-0.2, 0) is 12.8 Å². The van der Waals surface area contributed by atoms with Gasteiger partial charge in [0, 0.05) is 18.9 Å². The molecule has 1 aromatic heterocycles. The second-order valence-electron chi connectivity index (χ2n) is 2.95. The van der Waals surface area contributed by atoms with Gasteiger partial charge in [0.15, 0.2) is 5.75 Å². The van der Waals surface area contributed by atoms with Crippen LogP contribution in [-0.4, -0.2) is 13.7 Å². The van der Waals surface area contributed by atoms with Gasteiger partial charge in [0.1, 0.15) is 11.5 Å². The number of hydrogen-bond donors (Lipinski definition) is 1. The van der Waals surface area contributed by atoms with E-state index in [1.807, 2.05) is 13.0 Å². The molecule has 0 radical (unpaired) electrons. The van der Waals surface area contributed by atoms with Crippen LogP contribution in [0.2, 0.25) is 0 Å². The normalized spacial score (nSPS) is 10.4. The molecule has 13 heavy (non-hydrogen) atoms. The maximum Gasteiger partial charge on any atom is 0.160 e. The van der Waals surface area contributed by atoms with Gasteiger partial charge in [0.2, 0.25) is 0 Å². The SMILES string of the molecule is CCc1oc(CCCN)cc1OC. The van der Waals surface area contributed by atoms with Gasteiger partial charge in [0.05, 0.1) is 7.11 Å². The minimum absolute atomic E-state index is 0.699. The number of furan rings is 1. The maximum absolute atomic E-state index is 5.58. The van der Waals surface area contributed by atoms with Gasteiger partial charge in [0.25, 0.3) is 0 Å². The summed E-state index contributed by atoms with van der Waals surface area (Å²) < 4.78 is 10.7. The number of ether oxygens (including phenoxy) is 1. The van der Waals surface area contributed by atoms with Crippen molar-refractivity contribution < 1.29 is 9.15 Å². The fourth-order valence-electron chi connectivity index (χ4n) is 1.28. The summed E-state index contributed by atoms with van der Waals surface area (Å²) in [4.78, 5) is 0. The first kappa shape index (κ1) is 10.1. The molecule has 2 N–H and O–H groups in total. The molecule has 0 aromatic carbocycles. The van der Waals surface area contributed by atoms with Gasteiger partial charge >= 0.3 is 0 Å². The number of rotatable bonds is 5. The first-order valence-corrected chi connectivity index (χ1v) is 4.67. The van der Waals surface area contributed by atoms with Gasteiger partial charge in [-0.05, 0) is 13.0 Å². The molecule has 0 atom stereocenters. The molecule has 0 saturated heterocycles. The predicted molar refractivity (Wildman–Crippen MR) is 52.0 cm³/mol. The van der Waals surface area contributed by atoms with Crippen LogP contribution < -0.4 is 10.5 Å². The lowest BCUT2D eigenvalue weighted by atomic mass is 10.2. The molecule has 3 nitrogen and oxygen atoms in total. The van der Waals surface area contributed by atoms with Crippen molar-refractivity contribution in [1.82, 2.24) is 0 Å². The van der Waals surface area contributed by atoms with Crippen LogP contribution in [0.5, 0.6) is 5.75 Å². The molecule has 0 spiro atoms. The molecular formula is C10H17NO2. The van der Waals surface area contributed by atoms with Crippen molar-refractivity contribution in [3.63, 3.8) is 0 Å². The molecule has 0 amide bonds. The summed E-state index contributed by atoms with van der Waals surface area (Å²) in [7, 11) is 1.66. The van der Waals surface area contributed by atoms with E-state index in [-0.39, 0.29) is 0 Å². The smallest absolute Gasteiger partial charge is 0.160 e. The summed E-state index contributed by atoms with van der Waals surface area (Å²) in [5.74, 6) is 2.75. The molecule has 0 bridgehead atoms. The highest BCUT2D eigenvalue weighted by Crippen LogP contribution is 2.24. The van der Waals surface area contributed by atoms with Crippen LogP contribution in [0.3, 0.4) is 0 Å². The molecule has 0 aliphatic carbocycles. The van der Waals surface area contributed by atoms with Crippen LogP contribution in [0.15, 0.2) is 10.5 Å². The molecule has 1 heterocycles. The Hall–Kier alpha value is -0.960. The third-order valence-electron chi connectivity index (χ3n) is 1.99. The summed E-state index contributed by atoms with van der Waals surface area (Å²) in [6.07, 6.45) is 2.72. The maximum atomic E-state index is 5.58. The van der Waals surface area contributed by atoms with E-state index >= 15 is 0 Å². The third-order valence-corrected chi connectivity index (χ3v) is 1.99. The van der Waals surface area contributed by atoms with E-state index in [1.54, 1.807) is 7.11 Å². The van der Waals surface area contributed by atoms with E-state index in [0.29, 0.717) is 6.54 Å². The highest BCUT2D eigenvalue weighted by atomic mass is 16.5. The van der Waals surface area contributed by atoms with Crippen molar-refractivity contribution in [2.24, 2.45) is 5.73 Å². The second kappa shape index (κ2) is 4.92. The van der Waals surface area contributed by atoms with Gasteiger partial charge in [-0.2, -0.15) is 0 Å². The molecule has 0 aliphatic heterocycles. The number of aryl methyl sites for hydroxylation is 2. The first-order chi connectivity index (χ1) is 6.31. The lowest BCUT2D eigenvalue weighted by Gasteiger charge is -1.95. The van der Waals surface area contributed by atoms with Crippen molar-refractivity contribution in [2.75, 3.05) is 13.7 Å². The molecule has 1 rings (SSSR count). The van der Waals surface area contributed by atoms with E-state index < -0.39 is 0 Å². The Labute approximate surface area is 78.9 Å². The van der Waals surface area contributed by atoms with Crippen LogP contribution in [0, 0.1) is 0 Å². The highest BCUT2D eigenvalue weighted by Gasteiger charge is 2.08. The van der Waals surface area contributed by atoms with Gasteiger partial charge < -0.3 is 14.9 Å². The van der Waals surface area contributed by atoms with E-state index in [0.717, 1.165) is 36.5 Å². The van der Waals surface area contributed by atoms with Crippen LogP contribution in [0.25, 0.3) is 0 Å². The monoisotopic (exact) mass is 183 g/mol. The lowest BCUT2D eigenvalue weighted by Crippen LogP contribution is -1.99. The summed E-state index contributed by atoms with van der Waals surface area (Å²) >= 11 is 0. The zero-order valence-electron chi connectivity index (χ0n) is 8.30. The minimum atomic E-state index is 0.699. The van der Waals surface area contributed by atoms with Gasteiger partial charge in [-0.25, -0.2) is 0 Å². The summed E-state index contributed by atoms with van der Waals surface area (Å²) in [6.45, 7) is 2.75. The fourth-order valence-corrected chi connectivity index (χ4v) is 1.28. The Morgan fingerprint density at radius 2 is 2.31 bits per heavy atom. The quantitative estimate of drug-likeness (QED) is 0.756. The lowest BCUT2D eigenvalue weighted by molar-refractivity contribution is 0.388. The van der Waals surface area contributed by atoms with E-state index in [1.165, 1.54) is 0 Å². The number of nitrogens with two attached hydrogens (primary N) is 1. The second-order valence-corrected chi connectivity index (χ2v) is 2.95. The summed E-state index contributed by atoms with van der Waals surface area (Å²) in [5.41, 5.74) is 5.41. The van der Waals surface area contributed by atoms with Crippen molar-refractivity contribution >= 4 is 0 Å². The van der Waals surface area contributed by atoms with E-state index in [4.69, 9.17) is 14.9 Å². The standard InChI is InChI=1S/C10H17NO2/c1-3-9-10(12-2)7-8(13-9)5-4-6-11/h7H,3-6,11H2,1-2H3. The Balaban J connectivity index is 2.68. The Morgan fingerprint density at radius 3 is 2.77 bits per heavy atom. The molecule has 3 heteroatoms. The number of hydrogen-bond acceptors (Lipinski definition) is 3. The Bertz CT molecular complexity index is 234. The van der Waals surface area contributed by atoms with Crippen LogP contribution in [0.4, 0.5) is 0 Å². The molecule has 0 aliphatic rings. The molecule has 0 fully saturated rings. The van der Waals surface area contributed by atoms with Crippen LogP contribution >= 0.6 is 0 Å². The van der Waals surface area contributed by atoms with Crippen molar-refractivity contribution in [2.45, 2.75) is 26.2 Å². The van der Waals surface area contributed by atoms with E-state index in [2.05, 4.69) is 0 Å². The van der Waals surface area contributed by atoms with Gasteiger partial charge in [-0.3, -0.25) is 0 Å². The zero-order chi connectivity index (χ0) is 9.68. The van der Waals surface area contributed by atoms with Gasteiger partial charge in [-0.15, -0.1) is 0 Å². The molecule has 0 saturated carbocycles. The largest absolute Gasteiger partial charge is 0.493 e. The summed E-state index contributed by atoms with van der Waals surface area (Å²) in [6, 6.07) is 1.95. The van der Waals surface area contributed by atoms with Crippen LogP contribution in [0.1, 0.15) is 24.9 Å². The topological polar surface area (TPSA) is 48.4 Å². The van der Waals surface area contributed by atoms with Crippen molar-refractivity contribution in [1.29, 1.82) is 0 Å². The van der Waals surface area contributed by atoms with Crippen molar-refractivity contribution in [3.8, 4) is 5.75 Å². The predicted octanol–water partition coefficient (Wildman–Crippen LogP) is 1.74. The molecule has 74 valence electrons. The highest BCUT2D eigenvalue weighted by molar-refractivity contribution is 5.28. The minimum Gasteiger partial charge on any atom is -0.493 e. The molecule has 1 aromatic rings. The third kappa shape index (κ3) is 2.49. The van der Waals surface area contributed by atoms with Crippen molar-refractivity contribution in [3.05, 3.63) is 17.6 Å². The number of methoxy groups -OCH3 is 1. The average molecular weight is 183 g/mol. The zero-order valence-corrected chi connectivity index (χ0v) is 8.30. The molecule has 0 unspecified atom stereocenters. The van der Waals surface area contributed by atoms with Gasteiger partial charge in [-0.1, -0.05) is 6.92 Å². The fraction of sp³-hybridized carbons (Fsp3) is 0.600. The first-order valence-electron chi connectivity index (χ1n) is 4.67. The molecular weight excluding hydrogens is 166 g/mol. The Morgan fingerprint density at radius 1 is 1.54 bits per heavy atom. The Kier molecular flexibility index (Phi) is 3.83. The summed E-state index contributed by atoms with van der Waals surface area (Å²) in [5, 5.41) is 0. The average Bonchev–Trinajstić information content (AvgIpc) is 2.57. The van der Waals surface area contributed by atoms with E-state index in [9.17, 15) is 0 Å².